The van der Waals surface area contributed by atoms with E-state index in [1.165, 1.54) is 5.56 Å². The number of guanidine groups is 1. The van der Waals surface area contributed by atoms with Crippen LogP contribution in [0.25, 0.3) is 0 Å². The van der Waals surface area contributed by atoms with Crippen LogP contribution in [0.1, 0.15) is 49.4 Å². The Morgan fingerprint density at radius 2 is 1.93 bits per heavy atom. The number of hydrogen-bond donors (Lipinski definition) is 2. The second-order valence-electron chi connectivity index (χ2n) is 7.55. The van der Waals surface area contributed by atoms with Crippen molar-refractivity contribution in [2.75, 3.05) is 19.6 Å². The number of hydrogen-bond acceptors (Lipinski definition) is 3. The lowest BCUT2D eigenvalue weighted by molar-refractivity contribution is 0.158. The van der Waals surface area contributed by atoms with Gasteiger partial charge in [0.1, 0.15) is 0 Å². The average molecular weight is 390 g/mol. The van der Waals surface area contributed by atoms with Crippen LogP contribution in [0.4, 0.5) is 0 Å². The maximum Gasteiger partial charge on any atom is 0.191 e. The van der Waals surface area contributed by atoms with Crippen LogP contribution in [0.3, 0.4) is 0 Å². The number of rotatable bonds is 6. The van der Waals surface area contributed by atoms with Crippen molar-refractivity contribution >= 4 is 5.96 Å². The van der Waals surface area contributed by atoms with E-state index in [2.05, 4.69) is 65.8 Å². The maximum atomic E-state index is 9.06. The van der Waals surface area contributed by atoms with Crippen molar-refractivity contribution in [1.29, 1.82) is 5.26 Å². The van der Waals surface area contributed by atoms with Gasteiger partial charge in [0.15, 0.2) is 5.96 Å². The fourth-order valence-electron chi connectivity index (χ4n) is 3.80. The Morgan fingerprint density at radius 1 is 1.17 bits per heavy atom. The molecule has 29 heavy (non-hydrogen) atoms. The first-order valence-electron chi connectivity index (χ1n) is 10.5. The molecular weight excluding hydrogens is 358 g/mol. The number of aliphatic imine (C=N–C) groups is 1. The van der Waals surface area contributed by atoms with Crippen molar-refractivity contribution in [2.45, 2.75) is 45.3 Å². The van der Waals surface area contributed by atoms with Crippen molar-refractivity contribution in [2.24, 2.45) is 4.99 Å². The lowest BCUT2D eigenvalue weighted by atomic mass is 10.0. The molecule has 3 rings (SSSR count). The molecule has 0 aromatic heterocycles. The number of likely N-dealkylation sites (tertiary alicyclic amines) is 1. The Hall–Kier alpha value is -2.84. The Morgan fingerprint density at radius 3 is 2.62 bits per heavy atom. The predicted octanol–water partition coefficient (Wildman–Crippen LogP) is 3.84. The Kier molecular flexibility index (Phi) is 7.66. The fraction of sp³-hybridized carbons (Fsp3) is 0.417. The van der Waals surface area contributed by atoms with Gasteiger partial charge in [-0.3, -0.25) is 4.90 Å². The predicted molar refractivity (Wildman–Crippen MR) is 119 cm³/mol. The van der Waals surface area contributed by atoms with Gasteiger partial charge in [-0.05, 0) is 49.9 Å². The minimum atomic E-state index is 0.428. The topological polar surface area (TPSA) is 63.5 Å². The quantitative estimate of drug-likeness (QED) is 0.582. The van der Waals surface area contributed by atoms with E-state index in [0.29, 0.717) is 24.2 Å². The van der Waals surface area contributed by atoms with E-state index in [1.807, 2.05) is 24.3 Å². The molecule has 0 aliphatic carbocycles. The number of nitriles is 1. The largest absolute Gasteiger partial charge is 0.357 e. The molecule has 1 saturated heterocycles. The summed E-state index contributed by atoms with van der Waals surface area (Å²) in [5, 5.41) is 16.0. The highest BCUT2D eigenvalue weighted by Crippen LogP contribution is 2.24. The second-order valence-corrected chi connectivity index (χ2v) is 7.55. The number of piperidine rings is 1. The van der Waals surface area contributed by atoms with E-state index in [-0.39, 0.29) is 0 Å². The van der Waals surface area contributed by atoms with Crippen LogP contribution < -0.4 is 10.6 Å². The molecule has 1 heterocycles. The summed E-state index contributed by atoms with van der Waals surface area (Å²) in [7, 11) is 0. The zero-order valence-electron chi connectivity index (χ0n) is 17.4. The molecule has 0 amide bonds. The van der Waals surface area contributed by atoms with Gasteiger partial charge in [0, 0.05) is 31.7 Å². The van der Waals surface area contributed by atoms with Crippen LogP contribution in [0.2, 0.25) is 0 Å². The summed E-state index contributed by atoms with van der Waals surface area (Å²) < 4.78 is 0. The monoisotopic (exact) mass is 389 g/mol. The molecule has 152 valence electrons. The minimum Gasteiger partial charge on any atom is -0.357 e. The van der Waals surface area contributed by atoms with Gasteiger partial charge in [-0.25, -0.2) is 4.99 Å². The van der Waals surface area contributed by atoms with Crippen LogP contribution in [-0.4, -0.2) is 36.5 Å². The first kappa shape index (κ1) is 20.9. The van der Waals surface area contributed by atoms with Crippen LogP contribution >= 0.6 is 0 Å². The van der Waals surface area contributed by atoms with Crippen molar-refractivity contribution in [1.82, 2.24) is 15.5 Å². The SMILES string of the molecule is CCNC(=NCc1cccc(C#N)c1)NC1CCN(C(C)c2ccccc2)CC1. The summed E-state index contributed by atoms with van der Waals surface area (Å²) in [6, 6.07) is 21.4. The summed E-state index contributed by atoms with van der Waals surface area (Å²) in [5.41, 5.74) is 3.11. The van der Waals surface area contributed by atoms with Crippen LogP contribution in [0.15, 0.2) is 59.6 Å². The number of nitrogens with one attached hydrogen (secondary N) is 2. The van der Waals surface area contributed by atoms with Gasteiger partial charge in [-0.15, -0.1) is 0 Å². The molecule has 1 aliphatic rings. The summed E-state index contributed by atoms with van der Waals surface area (Å²) in [5.74, 6) is 0.851. The Labute approximate surface area is 174 Å². The molecule has 0 radical (unpaired) electrons. The van der Waals surface area contributed by atoms with Gasteiger partial charge in [-0.2, -0.15) is 5.26 Å². The lowest BCUT2D eigenvalue weighted by Crippen LogP contribution is -2.49. The first-order chi connectivity index (χ1) is 14.2. The van der Waals surface area contributed by atoms with E-state index in [1.54, 1.807) is 0 Å². The van der Waals surface area contributed by atoms with Crippen LogP contribution in [0, 0.1) is 11.3 Å². The maximum absolute atomic E-state index is 9.06. The third kappa shape index (κ3) is 6.07. The molecule has 5 nitrogen and oxygen atoms in total. The van der Waals surface area contributed by atoms with Crippen molar-refractivity contribution in [3.63, 3.8) is 0 Å². The molecule has 1 fully saturated rings. The molecular formula is C24H31N5. The zero-order chi connectivity index (χ0) is 20.5. The summed E-state index contributed by atoms with van der Waals surface area (Å²) in [6.07, 6.45) is 2.21. The summed E-state index contributed by atoms with van der Waals surface area (Å²) in [6.45, 7) is 7.93. The van der Waals surface area contributed by atoms with E-state index >= 15 is 0 Å². The van der Waals surface area contributed by atoms with E-state index in [4.69, 9.17) is 10.3 Å². The highest BCUT2D eigenvalue weighted by atomic mass is 15.2. The third-order valence-electron chi connectivity index (χ3n) is 5.52. The van der Waals surface area contributed by atoms with Crippen LogP contribution in [-0.2, 0) is 6.54 Å². The fourth-order valence-corrected chi connectivity index (χ4v) is 3.80. The third-order valence-corrected chi connectivity index (χ3v) is 5.52. The minimum absolute atomic E-state index is 0.428. The average Bonchev–Trinajstić information content (AvgIpc) is 2.78. The molecule has 1 aliphatic heterocycles. The smallest absolute Gasteiger partial charge is 0.191 e. The van der Waals surface area contributed by atoms with Gasteiger partial charge in [-0.1, -0.05) is 42.5 Å². The van der Waals surface area contributed by atoms with Crippen molar-refractivity contribution < 1.29 is 0 Å². The summed E-state index contributed by atoms with van der Waals surface area (Å²) >= 11 is 0. The zero-order valence-corrected chi connectivity index (χ0v) is 17.4. The number of benzene rings is 2. The molecule has 1 atom stereocenters. The molecule has 0 bridgehead atoms. The molecule has 1 unspecified atom stereocenters. The highest BCUT2D eigenvalue weighted by Gasteiger charge is 2.23. The molecule has 0 spiro atoms. The van der Waals surface area contributed by atoms with Crippen molar-refractivity contribution in [3.8, 4) is 6.07 Å². The molecule has 2 aromatic rings. The highest BCUT2D eigenvalue weighted by molar-refractivity contribution is 5.80. The van der Waals surface area contributed by atoms with Crippen molar-refractivity contribution in [3.05, 3.63) is 71.3 Å². The van der Waals surface area contributed by atoms with Gasteiger partial charge in [0.2, 0.25) is 0 Å². The van der Waals surface area contributed by atoms with Gasteiger partial charge < -0.3 is 10.6 Å². The van der Waals surface area contributed by atoms with E-state index < -0.39 is 0 Å². The number of nitrogens with zero attached hydrogens (tertiary/aromatic N) is 3. The van der Waals surface area contributed by atoms with E-state index in [9.17, 15) is 0 Å². The van der Waals surface area contributed by atoms with Gasteiger partial charge in [0.25, 0.3) is 0 Å². The van der Waals surface area contributed by atoms with Gasteiger partial charge >= 0.3 is 0 Å². The first-order valence-corrected chi connectivity index (χ1v) is 10.5. The normalized spacial score (nSPS) is 16.8. The lowest BCUT2D eigenvalue weighted by Gasteiger charge is -2.37. The van der Waals surface area contributed by atoms with Gasteiger partial charge in [0.05, 0.1) is 18.2 Å². The molecule has 2 aromatic carbocycles. The Bertz CT molecular complexity index is 832. The van der Waals surface area contributed by atoms with E-state index in [0.717, 1.165) is 44.0 Å². The standard InChI is InChI=1S/C24H31N5/c1-3-26-24(27-18-21-9-7-8-20(16-21)17-25)28-23-12-14-29(15-13-23)19(2)22-10-5-4-6-11-22/h4-11,16,19,23H,3,12-15,18H2,1-2H3,(H2,26,27,28). The molecule has 0 saturated carbocycles. The Balaban J connectivity index is 1.54. The van der Waals surface area contributed by atoms with Crippen LogP contribution in [0.5, 0.6) is 0 Å². The molecule has 5 heteroatoms. The molecule has 2 N–H and O–H groups in total. The second kappa shape index (κ2) is 10.6. The summed E-state index contributed by atoms with van der Waals surface area (Å²) in [4.78, 5) is 7.29.